The van der Waals surface area contributed by atoms with Crippen LogP contribution in [0.2, 0.25) is 0 Å². The van der Waals surface area contributed by atoms with Gasteiger partial charge in [0.15, 0.2) is 0 Å². The fraction of sp³-hybridized carbons (Fsp3) is 1.00. The topological polar surface area (TPSA) is 36.9 Å². The Kier molecular flexibility index (Phi) is 0.611. The third-order valence-electron chi connectivity index (χ3n) is 1.87. The minimum Gasteiger partial charge on any atom is -0.374 e. The van der Waals surface area contributed by atoms with Crippen molar-refractivity contribution in [2.75, 3.05) is 6.61 Å². The van der Waals surface area contributed by atoms with Crippen molar-refractivity contribution in [2.24, 2.45) is 0 Å². The van der Waals surface area contributed by atoms with Gasteiger partial charge in [0.1, 0.15) is 6.10 Å². The molecule has 2 bridgehead atoms. The molecule has 4 rings (SSSR count). The molecule has 0 aliphatic carbocycles. The zero-order valence-corrected chi connectivity index (χ0v) is 4.70. The highest BCUT2D eigenvalue weighted by Crippen LogP contribution is 2.46. The summed E-state index contributed by atoms with van der Waals surface area (Å²) in [7, 11) is -0.435. The van der Waals surface area contributed by atoms with Crippen molar-refractivity contribution in [1.29, 1.82) is 0 Å². The van der Waals surface area contributed by atoms with E-state index in [0.717, 1.165) is 6.42 Å². The summed E-state index contributed by atoms with van der Waals surface area (Å²) in [5, 5.41) is 0. The van der Waals surface area contributed by atoms with Crippen molar-refractivity contribution in [3.63, 3.8) is 0 Å². The van der Waals surface area contributed by atoms with E-state index in [4.69, 9.17) is 18.7 Å². The summed E-state index contributed by atoms with van der Waals surface area (Å²) in [5.41, 5.74) is 0. The van der Waals surface area contributed by atoms with Gasteiger partial charge in [-0.2, -0.15) is 0 Å². The maximum absolute atomic E-state index is 5.18. The van der Waals surface area contributed by atoms with E-state index in [-0.39, 0.29) is 6.10 Å². The minimum atomic E-state index is -0.773. The van der Waals surface area contributed by atoms with E-state index < -0.39 is 13.3 Å². The Morgan fingerprint density at radius 3 is 3.11 bits per heavy atom. The van der Waals surface area contributed by atoms with Gasteiger partial charge in [-0.25, -0.2) is 0 Å². The molecule has 4 nitrogen and oxygen atoms in total. The Bertz CT molecular complexity index is 146. The third-order valence-corrected chi connectivity index (χ3v) is 1.87. The lowest BCUT2D eigenvalue weighted by Gasteiger charge is -2.31. The normalized spacial score (nSPS) is 53.3. The second-order valence-electron chi connectivity index (χ2n) is 2.39. The molecule has 0 radical (unpaired) electrons. The van der Waals surface area contributed by atoms with Crippen LogP contribution in [0.25, 0.3) is 0 Å². The van der Waals surface area contributed by atoms with Crippen LogP contribution in [-0.4, -0.2) is 26.0 Å². The monoisotopic (exact) mass is 128 g/mol. The molecule has 4 heterocycles. The molecule has 5 heteroatoms. The lowest BCUT2D eigenvalue weighted by Crippen LogP contribution is -2.51. The van der Waals surface area contributed by atoms with E-state index in [1.807, 2.05) is 0 Å². The summed E-state index contributed by atoms with van der Waals surface area (Å²) in [4.78, 5) is 0. The first-order valence-corrected chi connectivity index (χ1v) is 3.04. The van der Waals surface area contributed by atoms with Gasteiger partial charge in [-0.3, -0.25) is 0 Å². The molecule has 9 heavy (non-hydrogen) atoms. The van der Waals surface area contributed by atoms with Crippen molar-refractivity contribution < 1.29 is 18.7 Å². The van der Waals surface area contributed by atoms with Crippen molar-refractivity contribution in [3.05, 3.63) is 0 Å². The molecule has 0 aromatic carbocycles. The summed E-state index contributed by atoms with van der Waals surface area (Å²) in [5.74, 6) is -0.773. The Hall–Kier alpha value is -0.0951. The molecule has 1 atom stereocenters. The highest BCUT2D eigenvalue weighted by Gasteiger charge is 2.70. The van der Waals surface area contributed by atoms with Crippen LogP contribution in [0.15, 0.2) is 0 Å². The van der Waals surface area contributed by atoms with Gasteiger partial charge in [0.05, 0.1) is 6.61 Å². The maximum atomic E-state index is 5.18. The molecular weight excluding hydrogens is 123 g/mol. The molecule has 1 spiro atoms. The number of hydrogen-bond acceptors (Lipinski definition) is 4. The number of ether oxygens (including phenoxy) is 1. The average Bonchev–Trinajstić information content (AvgIpc) is 2.11. The van der Waals surface area contributed by atoms with E-state index >= 15 is 0 Å². The van der Waals surface area contributed by atoms with Crippen LogP contribution >= 0.6 is 0 Å². The highest BCUT2D eigenvalue weighted by atomic mass is 17.0. The lowest BCUT2D eigenvalue weighted by molar-refractivity contribution is -0.335. The Labute approximate surface area is 52.2 Å². The van der Waals surface area contributed by atoms with E-state index in [0.29, 0.717) is 6.61 Å². The Morgan fingerprint density at radius 1 is 1.44 bits per heavy atom. The second kappa shape index (κ2) is 1.18. The van der Waals surface area contributed by atoms with E-state index in [1.165, 1.54) is 0 Å². The van der Waals surface area contributed by atoms with Crippen LogP contribution in [0, 0.1) is 0 Å². The molecule has 0 saturated carbocycles. The summed E-state index contributed by atoms with van der Waals surface area (Å²) < 4.78 is 20.5. The van der Waals surface area contributed by atoms with Gasteiger partial charge in [0.2, 0.25) is 0 Å². The number of rotatable bonds is 0. The van der Waals surface area contributed by atoms with Crippen LogP contribution in [0.3, 0.4) is 0 Å². The average molecular weight is 128 g/mol. The predicted octanol–water partition coefficient (Wildman–Crippen LogP) is -0.509. The SMILES string of the molecule is C1CC2OB3OC2(O1)O3. The number of hydrogen-bond donors (Lipinski definition) is 0. The van der Waals surface area contributed by atoms with Gasteiger partial charge in [0.25, 0.3) is 5.97 Å². The second-order valence-corrected chi connectivity index (χ2v) is 2.39. The van der Waals surface area contributed by atoms with Crippen molar-refractivity contribution in [2.45, 2.75) is 18.5 Å². The van der Waals surface area contributed by atoms with Crippen LogP contribution in [0.4, 0.5) is 0 Å². The van der Waals surface area contributed by atoms with Gasteiger partial charge >= 0.3 is 7.32 Å². The first kappa shape index (κ1) is 4.68. The van der Waals surface area contributed by atoms with Gasteiger partial charge in [-0.05, 0) is 0 Å². The summed E-state index contributed by atoms with van der Waals surface area (Å²) in [6, 6.07) is 0. The Morgan fingerprint density at radius 2 is 2.33 bits per heavy atom. The summed E-state index contributed by atoms with van der Waals surface area (Å²) in [6.45, 7) is 0.678. The van der Waals surface area contributed by atoms with Crippen molar-refractivity contribution >= 4 is 7.32 Å². The van der Waals surface area contributed by atoms with Gasteiger partial charge in [-0.1, -0.05) is 0 Å². The van der Waals surface area contributed by atoms with Crippen LogP contribution < -0.4 is 0 Å². The third kappa shape index (κ3) is 0.381. The van der Waals surface area contributed by atoms with Gasteiger partial charge in [0, 0.05) is 6.42 Å². The zero-order valence-electron chi connectivity index (χ0n) is 4.70. The smallest absolute Gasteiger partial charge is 0.374 e. The van der Waals surface area contributed by atoms with E-state index in [2.05, 4.69) is 0 Å². The summed E-state index contributed by atoms with van der Waals surface area (Å²) >= 11 is 0. The molecule has 0 N–H and O–H groups in total. The highest BCUT2D eigenvalue weighted by molar-refractivity contribution is 6.40. The molecule has 4 aliphatic heterocycles. The van der Waals surface area contributed by atoms with Gasteiger partial charge in [-0.15, -0.1) is 0 Å². The Balaban J connectivity index is 2.00. The van der Waals surface area contributed by atoms with Crippen LogP contribution in [-0.2, 0) is 18.7 Å². The molecule has 0 aromatic heterocycles. The molecule has 0 aromatic rings. The van der Waals surface area contributed by atoms with Crippen LogP contribution in [0.5, 0.6) is 0 Å². The maximum Gasteiger partial charge on any atom is 0.647 e. The quantitative estimate of drug-likeness (QED) is 0.411. The predicted molar refractivity (Wildman–Crippen MR) is 26.1 cm³/mol. The summed E-state index contributed by atoms with van der Waals surface area (Å²) in [6.07, 6.45) is 0.916. The molecule has 1 unspecified atom stereocenters. The molecule has 4 saturated heterocycles. The van der Waals surface area contributed by atoms with E-state index in [9.17, 15) is 0 Å². The zero-order chi connectivity index (χ0) is 5.90. The largest absolute Gasteiger partial charge is 0.647 e. The minimum absolute atomic E-state index is 0.0301. The lowest BCUT2D eigenvalue weighted by atomic mass is 10.2. The van der Waals surface area contributed by atoms with Crippen molar-refractivity contribution in [1.82, 2.24) is 0 Å². The first-order valence-electron chi connectivity index (χ1n) is 3.04. The van der Waals surface area contributed by atoms with Crippen LogP contribution in [0.1, 0.15) is 6.42 Å². The van der Waals surface area contributed by atoms with E-state index in [1.54, 1.807) is 0 Å². The molecular formula is C4H5BO4. The fourth-order valence-corrected chi connectivity index (χ4v) is 1.42. The fourth-order valence-electron chi connectivity index (χ4n) is 1.42. The molecule has 48 valence electrons. The molecule has 4 aliphatic rings. The molecule has 0 amide bonds. The molecule has 4 fully saturated rings. The van der Waals surface area contributed by atoms with Gasteiger partial charge < -0.3 is 18.7 Å². The van der Waals surface area contributed by atoms with Crippen molar-refractivity contribution in [3.8, 4) is 0 Å². The first-order chi connectivity index (χ1) is 4.39. The standard InChI is InChI=1S/C4H5BO4/c1-2-6-4-3(1)7-5(8-4)9-4/h3H,1-2H2.